The number of likely N-dealkylation sites (N-methyl/N-ethyl adjacent to an activating group) is 1. The van der Waals surface area contributed by atoms with Gasteiger partial charge in [-0.15, -0.1) is 0 Å². The molecule has 3 heterocycles. The summed E-state index contributed by atoms with van der Waals surface area (Å²) >= 11 is 6.86. The van der Waals surface area contributed by atoms with Crippen LogP contribution in [0.3, 0.4) is 0 Å². The van der Waals surface area contributed by atoms with Gasteiger partial charge in [0.25, 0.3) is 11.5 Å². The van der Waals surface area contributed by atoms with Gasteiger partial charge < -0.3 is 14.5 Å². The number of amides is 1. The average molecular weight is 552 g/mol. The molecule has 2 saturated heterocycles. The van der Waals surface area contributed by atoms with Crippen LogP contribution in [0.5, 0.6) is 5.75 Å². The molecule has 1 aromatic carbocycles. The average Bonchev–Trinajstić information content (AvgIpc) is 3.18. The first-order valence-corrected chi connectivity index (χ1v) is 14.0. The minimum Gasteiger partial charge on any atom is -0.497 e. The summed E-state index contributed by atoms with van der Waals surface area (Å²) < 4.78 is 7.45. The first kappa shape index (κ1) is 27.9. The first-order chi connectivity index (χ1) is 18.3. The Balaban J connectivity index is 1.70. The molecule has 38 heavy (non-hydrogen) atoms. The number of methoxy groups -OCH3 is 1. The molecule has 8 nitrogen and oxygen atoms in total. The number of carbonyl (C=O) groups excluding carboxylic acids is 1. The number of aromatic nitrogens is 1. The highest BCUT2D eigenvalue weighted by Crippen LogP contribution is 2.36. The molecule has 0 spiro atoms. The van der Waals surface area contributed by atoms with Crippen LogP contribution in [0.1, 0.15) is 35.6 Å². The van der Waals surface area contributed by atoms with Crippen LogP contribution in [0, 0.1) is 18.3 Å². The topological polar surface area (TPSA) is 81.8 Å². The smallest absolute Gasteiger partial charge is 0.270 e. The van der Waals surface area contributed by atoms with Crippen molar-refractivity contribution in [1.29, 1.82) is 5.26 Å². The van der Waals surface area contributed by atoms with Crippen LogP contribution in [-0.4, -0.2) is 71.5 Å². The van der Waals surface area contributed by atoms with Crippen molar-refractivity contribution in [3.05, 3.63) is 61.8 Å². The number of rotatable bonds is 8. The maximum absolute atomic E-state index is 13.5. The number of ether oxygens (including phenoxy) is 1. The number of benzene rings is 1. The lowest BCUT2D eigenvalue weighted by molar-refractivity contribution is -0.122. The number of thioether (sulfide) groups is 1. The standard InChI is InChI=1S/C28H33N5O3S2/c1-5-11-32-25(31-15-13-30(3)14-16-31)22(19(2)23(18-29)26(32)34)17-24-27(35)33(28(37)38-24)12-10-20-6-8-21(36-4)9-7-20/h6-9,17H,5,10-16H2,1-4H3/b24-17+. The lowest BCUT2D eigenvalue weighted by Gasteiger charge is -2.36. The van der Waals surface area contributed by atoms with E-state index in [4.69, 9.17) is 17.0 Å². The highest BCUT2D eigenvalue weighted by Gasteiger charge is 2.33. The minimum atomic E-state index is -0.273. The molecule has 1 aromatic heterocycles. The number of nitriles is 1. The SMILES string of the molecule is CCCn1c(N2CCN(C)CC2)c(/C=C2/SC(=S)N(CCc3ccc(OC)cc3)C2=O)c(C)c(C#N)c1=O. The molecule has 2 aromatic rings. The molecular formula is C28H33N5O3S2. The molecule has 0 atom stereocenters. The van der Waals surface area contributed by atoms with E-state index in [9.17, 15) is 14.9 Å². The predicted molar refractivity (Wildman–Crippen MR) is 157 cm³/mol. The molecule has 0 saturated carbocycles. The van der Waals surface area contributed by atoms with Gasteiger partial charge in [-0.3, -0.25) is 19.1 Å². The highest BCUT2D eigenvalue weighted by atomic mass is 32.2. The summed E-state index contributed by atoms with van der Waals surface area (Å²) in [6.07, 6.45) is 3.25. The third-order valence-corrected chi connectivity index (χ3v) is 8.41. The second-order valence-corrected chi connectivity index (χ2v) is 11.2. The molecule has 4 rings (SSSR count). The fourth-order valence-electron chi connectivity index (χ4n) is 4.79. The van der Waals surface area contributed by atoms with E-state index in [1.165, 1.54) is 11.8 Å². The molecule has 0 N–H and O–H groups in total. The van der Waals surface area contributed by atoms with Crippen LogP contribution in [0.15, 0.2) is 34.0 Å². The summed E-state index contributed by atoms with van der Waals surface area (Å²) in [5, 5.41) is 9.85. The number of thiocarbonyl (C=S) groups is 1. The van der Waals surface area contributed by atoms with Crippen LogP contribution in [0.2, 0.25) is 0 Å². The summed E-state index contributed by atoms with van der Waals surface area (Å²) in [5.41, 5.74) is 2.28. The van der Waals surface area contributed by atoms with Crippen LogP contribution < -0.4 is 15.2 Å². The van der Waals surface area contributed by atoms with E-state index in [2.05, 4.69) is 22.9 Å². The van der Waals surface area contributed by atoms with Crippen molar-refractivity contribution in [2.75, 3.05) is 51.8 Å². The van der Waals surface area contributed by atoms with Gasteiger partial charge in [-0.1, -0.05) is 43.0 Å². The molecule has 0 aliphatic carbocycles. The summed E-state index contributed by atoms with van der Waals surface area (Å²) in [6, 6.07) is 9.89. The minimum absolute atomic E-state index is 0.123. The lowest BCUT2D eigenvalue weighted by atomic mass is 10.0. The zero-order valence-electron chi connectivity index (χ0n) is 22.3. The molecule has 2 aliphatic rings. The van der Waals surface area contributed by atoms with Gasteiger partial charge in [0.1, 0.15) is 27.5 Å². The number of anilines is 1. The predicted octanol–water partition coefficient (Wildman–Crippen LogP) is 3.64. The quantitative estimate of drug-likeness (QED) is 0.363. The zero-order valence-corrected chi connectivity index (χ0v) is 24.0. The van der Waals surface area contributed by atoms with Crippen LogP contribution in [0.25, 0.3) is 6.08 Å². The Kier molecular flexibility index (Phi) is 8.92. The Morgan fingerprint density at radius 2 is 1.82 bits per heavy atom. The van der Waals surface area contributed by atoms with Crippen molar-refractivity contribution in [3.8, 4) is 11.8 Å². The van der Waals surface area contributed by atoms with Gasteiger partial charge in [0.15, 0.2) is 0 Å². The Labute approximate surface area is 233 Å². The van der Waals surface area contributed by atoms with Gasteiger partial charge in [-0.05, 0) is 56.1 Å². The number of pyridine rings is 1. The van der Waals surface area contributed by atoms with Crippen LogP contribution >= 0.6 is 24.0 Å². The first-order valence-electron chi connectivity index (χ1n) is 12.8. The van der Waals surface area contributed by atoms with Gasteiger partial charge in [-0.25, -0.2) is 0 Å². The molecular weight excluding hydrogens is 518 g/mol. The van der Waals surface area contributed by atoms with E-state index >= 15 is 0 Å². The summed E-state index contributed by atoms with van der Waals surface area (Å²) in [6.45, 7) is 8.03. The summed E-state index contributed by atoms with van der Waals surface area (Å²) in [7, 11) is 3.71. The van der Waals surface area contributed by atoms with Gasteiger partial charge >= 0.3 is 0 Å². The van der Waals surface area contributed by atoms with E-state index in [1.807, 2.05) is 37.3 Å². The van der Waals surface area contributed by atoms with Gasteiger partial charge in [-0.2, -0.15) is 5.26 Å². The fraction of sp³-hybridized carbons (Fsp3) is 0.429. The Morgan fingerprint density at radius 3 is 2.42 bits per heavy atom. The number of carbonyl (C=O) groups is 1. The van der Waals surface area contributed by atoms with Crippen molar-refractivity contribution in [3.63, 3.8) is 0 Å². The molecule has 0 radical (unpaired) electrons. The molecule has 10 heteroatoms. The monoisotopic (exact) mass is 551 g/mol. The third kappa shape index (κ3) is 5.65. The van der Waals surface area contributed by atoms with Crippen molar-refractivity contribution in [1.82, 2.24) is 14.4 Å². The second-order valence-electron chi connectivity index (χ2n) is 9.53. The van der Waals surface area contributed by atoms with Crippen molar-refractivity contribution >= 4 is 46.1 Å². The van der Waals surface area contributed by atoms with Crippen molar-refractivity contribution < 1.29 is 9.53 Å². The molecule has 0 bridgehead atoms. The maximum atomic E-state index is 13.5. The van der Waals surface area contributed by atoms with E-state index in [0.717, 1.165) is 55.3 Å². The Morgan fingerprint density at radius 1 is 1.13 bits per heavy atom. The molecule has 1 amide bonds. The molecule has 2 fully saturated rings. The normalized spacial score (nSPS) is 17.4. The van der Waals surface area contributed by atoms with Gasteiger partial charge in [0, 0.05) is 44.8 Å². The largest absolute Gasteiger partial charge is 0.497 e. The fourth-order valence-corrected chi connectivity index (χ4v) is 6.08. The van der Waals surface area contributed by atoms with Crippen LogP contribution in [0.4, 0.5) is 5.82 Å². The van der Waals surface area contributed by atoms with E-state index in [1.54, 1.807) is 23.5 Å². The second kappa shape index (κ2) is 12.2. The van der Waals surface area contributed by atoms with Gasteiger partial charge in [0.05, 0.1) is 12.0 Å². The molecule has 2 aliphatic heterocycles. The number of hydrogen-bond acceptors (Lipinski definition) is 8. The molecule has 0 unspecified atom stereocenters. The van der Waals surface area contributed by atoms with E-state index < -0.39 is 0 Å². The number of nitrogens with zero attached hydrogens (tertiary/aromatic N) is 5. The third-order valence-electron chi connectivity index (χ3n) is 7.03. The maximum Gasteiger partial charge on any atom is 0.270 e. The van der Waals surface area contributed by atoms with Crippen LogP contribution in [-0.2, 0) is 17.8 Å². The Hall–Kier alpha value is -3.13. The van der Waals surface area contributed by atoms with Gasteiger partial charge in [0.2, 0.25) is 0 Å². The highest BCUT2D eigenvalue weighted by molar-refractivity contribution is 8.26. The summed E-state index contributed by atoms with van der Waals surface area (Å²) in [5.74, 6) is 1.42. The summed E-state index contributed by atoms with van der Waals surface area (Å²) in [4.78, 5) is 33.4. The lowest BCUT2D eigenvalue weighted by Crippen LogP contribution is -2.47. The van der Waals surface area contributed by atoms with E-state index in [0.29, 0.717) is 34.3 Å². The Bertz CT molecular complexity index is 1350. The number of piperazine rings is 1. The van der Waals surface area contributed by atoms with E-state index in [-0.39, 0.29) is 17.0 Å². The number of hydrogen-bond donors (Lipinski definition) is 0. The molecule has 200 valence electrons. The van der Waals surface area contributed by atoms with Crippen molar-refractivity contribution in [2.24, 2.45) is 0 Å². The zero-order chi connectivity index (χ0) is 27.4. The van der Waals surface area contributed by atoms with Crippen molar-refractivity contribution in [2.45, 2.75) is 33.2 Å².